The first-order chi connectivity index (χ1) is 49.9. The molecule has 2 aromatic rings. The van der Waals surface area contributed by atoms with Crippen LogP contribution in [0.2, 0.25) is 0 Å². The summed E-state index contributed by atoms with van der Waals surface area (Å²) in [6.45, 7) is 53.0. The van der Waals surface area contributed by atoms with Crippen molar-refractivity contribution >= 4 is 25.8 Å². The van der Waals surface area contributed by atoms with Gasteiger partial charge in [-0.2, -0.15) is 0 Å². The van der Waals surface area contributed by atoms with Gasteiger partial charge in [-0.1, -0.05) is 134 Å². The number of hydrogen-bond donors (Lipinski definition) is 1. The predicted octanol–water partition coefficient (Wildman–Crippen LogP) is 16.3. The van der Waals surface area contributed by atoms with Gasteiger partial charge in [-0.25, -0.2) is 21.6 Å². The molecule has 0 aromatic heterocycles. The summed E-state index contributed by atoms with van der Waals surface area (Å²) < 4.78 is 122. The highest BCUT2D eigenvalue weighted by atomic mass is 32.2. The van der Waals surface area contributed by atoms with Crippen molar-refractivity contribution in [3.63, 3.8) is 0 Å². The average molecular weight is 1520 g/mol. The topological polar surface area (TPSA) is 210 Å². The van der Waals surface area contributed by atoms with Gasteiger partial charge in [0.2, 0.25) is 0 Å². The fraction of sp³-hybridized carbons (Fsp3) is 0.663. The number of carbonyl (C=O) groups excluding carboxylic acids is 1. The number of hydrogen-bond acceptors (Lipinski definition) is 17. The zero-order valence-corrected chi connectivity index (χ0v) is 68.0. The van der Waals surface area contributed by atoms with Crippen LogP contribution in [0.3, 0.4) is 0 Å². The first kappa shape index (κ1) is 88.3. The van der Waals surface area contributed by atoms with Crippen LogP contribution in [-0.2, 0) is 71.8 Å². The van der Waals surface area contributed by atoms with Crippen LogP contribution >= 0.6 is 0 Å². The van der Waals surface area contributed by atoms with Crippen LogP contribution in [0.1, 0.15) is 173 Å². The van der Waals surface area contributed by atoms with Gasteiger partial charge in [0.25, 0.3) is 0 Å². The van der Waals surface area contributed by atoms with E-state index in [2.05, 4.69) is 79.3 Å². The van der Waals surface area contributed by atoms with Crippen molar-refractivity contribution < 1.29 is 78.8 Å². The van der Waals surface area contributed by atoms with Crippen molar-refractivity contribution in [1.82, 2.24) is 4.90 Å². The molecule has 7 aliphatic heterocycles. The minimum atomic E-state index is -3.61. The summed E-state index contributed by atoms with van der Waals surface area (Å²) >= 11 is 0. The lowest BCUT2D eigenvalue weighted by molar-refractivity contribution is -0.0947. The van der Waals surface area contributed by atoms with E-state index < -0.39 is 43.2 Å². The number of methoxy groups -OCH3 is 1. The van der Waals surface area contributed by atoms with E-state index in [9.17, 15) is 26.7 Å². The van der Waals surface area contributed by atoms with Crippen LogP contribution in [0.15, 0.2) is 169 Å². The maximum Gasteiger partial charge on any atom is 0.412 e. The molecule has 0 spiro atoms. The van der Waals surface area contributed by atoms with E-state index in [0.29, 0.717) is 74.9 Å². The Balaban J connectivity index is 0.000000279. The number of rotatable bonds is 31. The Morgan fingerprint density at radius 2 is 1.02 bits per heavy atom. The van der Waals surface area contributed by atoms with Gasteiger partial charge in [0.15, 0.2) is 19.7 Å². The van der Waals surface area contributed by atoms with Gasteiger partial charge in [0, 0.05) is 51.0 Å². The third-order valence-electron chi connectivity index (χ3n) is 21.9. The zero-order valence-electron chi connectivity index (χ0n) is 66.4. The lowest BCUT2D eigenvalue weighted by Gasteiger charge is -2.38. The van der Waals surface area contributed by atoms with E-state index in [1.165, 1.54) is 0 Å². The number of benzene rings is 2. The van der Waals surface area contributed by atoms with Crippen LogP contribution < -0.4 is 0 Å². The van der Waals surface area contributed by atoms with Crippen molar-refractivity contribution in [1.29, 1.82) is 0 Å². The highest BCUT2D eigenvalue weighted by molar-refractivity contribution is 7.91. The van der Waals surface area contributed by atoms with Gasteiger partial charge in [0.05, 0.1) is 145 Å². The van der Waals surface area contributed by atoms with Crippen molar-refractivity contribution in [3.05, 3.63) is 159 Å². The molecular formula is C86H131NO17S2. The van der Waals surface area contributed by atoms with E-state index in [1.807, 2.05) is 86.6 Å². The fourth-order valence-electron chi connectivity index (χ4n) is 15.4. The van der Waals surface area contributed by atoms with Crippen molar-refractivity contribution in [3.8, 4) is 0 Å². The minimum absolute atomic E-state index is 0.00197. The summed E-state index contributed by atoms with van der Waals surface area (Å²) in [5.74, 6) is -0.183. The van der Waals surface area contributed by atoms with Gasteiger partial charge >= 0.3 is 6.09 Å². The highest BCUT2D eigenvalue weighted by Crippen LogP contribution is 2.46. The number of amides is 1. The predicted molar refractivity (Wildman–Crippen MR) is 420 cm³/mol. The normalized spacial score (nSPS) is 31.8. The third kappa shape index (κ3) is 26.4. The molecule has 0 aliphatic carbocycles. The second kappa shape index (κ2) is 40.3. The van der Waals surface area contributed by atoms with Gasteiger partial charge in [-0.15, -0.1) is 13.2 Å². The number of ether oxygens (including phenoxy) is 11. The molecule has 7 fully saturated rings. The molecule has 4 unspecified atom stereocenters. The number of nitrogens with zero attached hydrogens (tertiary/aromatic N) is 1. The Hall–Kier alpha value is -4.91. The summed E-state index contributed by atoms with van der Waals surface area (Å²) in [4.78, 5) is 15.4. The summed E-state index contributed by atoms with van der Waals surface area (Å²) in [7, 11) is -5.43. The quantitative estimate of drug-likeness (QED) is 0.0549. The molecule has 0 radical (unpaired) electrons. The first-order valence-corrected chi connectivity index (χ1v) is 42.1. The minimum Gasteiger partial charge on any atom is -0.444 e. The Kier molecular flexibility index (Phi) is 33.6. The number of aliphatic hydroxyl groups is 1. The highest BCUT2D eigenvalue weighted by Gasteiger charge is 2.51. The van der Waals surface area contributed by atoms with Crippen LogP contribution in [-0.4, -0.2) is 187 Å². The van der Waals surface area contributed by atoms with E-state index in [4.69, 9.17) is 52.1 Å². The van der Waals surface area contributed by atoms with Gasteiger partial charge in [0.1, 0.15) is 11.3 Å². The maximum absolute atomic E-state index is 13.8. The molecule has 18 nitrogen and oxygen atoms in total. The molecule has 20 heteroatoms. The number of aliphatic hydroxyl groups excluding tert-OH is 1. The van der Waals surface area contributed by atoms with Crippen LogP contribution in [0.5, 0.6) is 0 Å². The molecule has 1 amide bonds. The molecule has 7 heterocycles. The summed E-state index contributed by atoms with van der Waals surface area (Å²) in [5, 5.41) is 10.4. The molecule has 2 aromatic carbocycles. The fourth-order valence-corrected chi connectivity index (χ4v) is 19.0. The second-order valence-electron chi connectivity index (χ2n) is 32.9. The first-order valence-electron chi connectivity index (χ1n) is 38.8. The Bertz CT molecular complexity index is 3450. The average Bonchev–Trinajstić information content (AvgIpc) is 1.63. The molecule has 0 saturated carbocycles. The molecule has 20 atom stereocenters. The molecule has 7 aliphatic rings. The second-order valence-corrected chi connectivity index (χ2v) is 37.0. The number of sulfone groups is 2. The molecule has 9 rings (SSSR count). The Morgan fingerprint density at radius 1 is 0.594 bits per heavy atom. The monoisotopic (exact) mass is 1510 g/mol. The summed E-state index contributed by atoms with van der Waals surface area (Å²) in [6.07, 6.45) is 17.9. The van der Waals surface area contributed by atoms with Gasteiger partial charge in [-0.3, -0.25) is 4.90 Å². The third-order valence-corrected chi connectivity index (χ3v) is 25.6. The van der Waals surface area contributed by atoms with Crippen LogP contribution in [0.4, 0.5) is 4.79 Å². The molecule has 7 saturated heterocycles. The molecule has 106 heavy (non-hydrogen) atoms. The molecule has 594 valence electrons. The van der Waals surface area contributed by atoms with E-state index in [0.717, 1.165) is 73.7 Å². The van der Waals surface area contributed by atoms with E-state index in [1.54, 1.807) is 72.7 Å². The largest absolute Gasteiger partial charge is 0.444 e. The van der Waals surface area contributed by atoms with Gasteiger partial charge < -0.3 is 57.2 Å². The Labute approximate surface area is 637 Å². The van der Waals surface area contributed by atoms with Crippen molar-refractivity contribution in [2.75, 3.05) is 51.6 Å². The van der Waals surface area contributed by atoms with Gasteiger partial charge in [-0.05, 0) is 177 Å². The lowest BCUT2D eigenvalue weighted by atomic mass is 9.82. The summed E-state index contributed by atoms with van der Waals surface area (Å²) in [5.41, 5.74) is 2.79. The Morgan fingerprint density at radius 3 is 1.42 bits per heavy atom. The number of carbonyl (C=O) groups is 1. The standard InChI is InChI=1S/C44H65NO9S.C37H54O7S.C5H12O/c1-11-21-49-22-15-16-33-24-30(3)38(50-33)20-19-34-23-29(2)31(4)40(51-34)26-41-37(28-55(47,48)36-17-13-12-14-18-36)32(5)39(52-41)25-35-27-45(44(9,10)53-35)42(46)54-43(6,7)8;1-7-18-41-19-12-13-30-21-26(4)34(42-30)17-16-31-20-25(3)27(5)36(43-31)23-37-33(28(6)35(44-37)22-29(38)8-2)24-45(39,40)32-14-10-9-11-15-32;1-5(2,3)6-4/h11-18,29,32-35,37-41H,1,3-4,19-28H2,2,5-10H3;7,9-15,25,28-31,33-38H,1,4-5,8,16-24H2,2-3,6H3;1-4H3/b16-15+;13-12+;/t29-,32-,33+,34+,35+,37-,38?,39-,40?,41+;25-,28-,29-,30+,31+,33-,34?,35-,36?,37+;/m11./s1. The summed E-state index contributed by atoms with van der Waals surface area (Å²) in [6, 6.07) is 17.3. The molecular weight excluding hydrogens is 1380 g/mol. The zero-order chi connectivity index (χ0) is 77.9. The van der Waals surface area contributed by atoms with E-state index in [-0.39, 0.29) is 132 Å². The molecule has 0 bridgehead atoms. The lowest BCUT2D eigenvalue weighted by Crippen LogP contribution is -2.46. The molecule has 1 N–H and O–H groups in total. The maximum atomic E-state index is 13.8. The van der Waals surface area contributed by atoms with Crippen LogP contribution in [0, 0.1) is 35.5 Å². The van der Waals surface area contributed by atoms with E-state index >= 15 is 0 Å². The van der Waals surface area contributed by atoms with Crippen LogP contribution in [0.25, 0.3) is 0 Å². The van der Waals surface area contributed by atoms with Crippen molar-refractivity contribution in [2.45, 2.75) is 286 Å². The SMILES string of the molecule is C=CCOC/C=C/[C@H]1CC(=C)C(CC[C@H]2C[C@@H](C)C(=C)C(C[C@@H]3O[C@H](C[C@H](O)CC)[C@H](C)[C@H]3CS(=O)(=O)c3ccccc3)O2)O1.C=CCOC/C=C/[C@H]1CC(=C)C(CC[C@H]2C[C@@H](C)C(=C)C(C[C@@H]3O[C@H](C[C@H]4CN(C(=O)OC(C)(C)C)C(C)(C)O4)[C@H](C)[C@H]3CS(=O)(=O)c3ccccc3)O2)O1.COC(C)(C)C. The smallest absolute Gasteiger partial charge is 0.412 e. The van der Waals surface area contributed by atoms with Crippen molar-refractivity contribution in [2.24, 2.45) is 35.5 Å².